The Morgan fingerprint density at radius 2 is 2.06 bits per heavy atom. The van der Waals surface area contributed by atoms with E-state index >= 15 is 0 Å². The molecule has 4 N–H and O–H groups in total. The minimum atomic E-state index is -1.12. The topological polar surface area (TPSA) is 134 Å². The summed E-state index contributed by atoms with van der Waals surface area (Å²) in [6.45, 7) is 6.12. The van der Waals surface area contributed by atoms with Crippen LogP contribution in [0.15, 0.2) is 18.2 Å². The van der Waals surface area contributed by atoms with Crippen molar-refractivity contribution in [1.82, 2.24) is 15.1 Å². The number of nitrogens with zero attached hydrogens (tertiary/aromatic N) is 2. The van der Waals surface area contributed by atoms with E-state index in [1.165, 1.54) is 15.9 Å². The van der Waals surface area contributed by atoms with E-state index in [1.54, 1.807) is 12.1 Å². The Balaban J connectivity index is 1.45. The van der Waals surface area contributed by atoms with Gasteiger partial charge in [-0.15, -0.1) is 0 Å². The number of nitrogens with two attached hydrogens (primary N) is 1. The number of fused-ring (bicyclic) bond motifs is 1. The number of benzene rings is 1. The van der Waals surface area contributed by atoms with Crippen molar-refractivity contribution in [3.8, 4) is 0 Å². The molecule has 3 heterocycles. The van der Waals surface area contributed by atoms with Gasteiger partial charge in [0.2, 0.25) is 11.8 Å². The highest BCUT2D eigenvalue weighted by Crippen LogP contribution is 2.29. The van der Waals surface area contributed by atoms with Gasteiger partial charge in [0.25, 0.3) is 0 Å². The highest BCUT2D eigenvalue weighted by atomic mass is 19.1. The van der Waals surface area contributed by atoms with Gasteiger partial charge < -0.3 is 30.4 Å². The summed E-state index contributed by atoms with van der Waals surface area (Å²) in [7, 11) is -1.12. The molecule has 2 fully saturated rings. The average molecular weight is 490 g/mol. The first kappa shape index (κ1) is 25.4. The fraction of sp³-hybridized carbons (Fsp3) is 0.609. The van der Waals surface area contributed by atoms with Crippen LogP contribution in [0.2, 0.25) is 0 Å². The van der Waals surface area contributed by atoms with Crippen LogP contribution in [-0.2, 0) is 32.1 Å². The lowest BCUT2D eigenvalue weighted by molar-refractivity contribution is -0.141. The Hall–Kier alpha value is -2.70. The number of rotatable bonds is 4. The number of hydrogen-bond acceptors (Lipinski definition) is 7. The maximum atomic E-state index is 14.1. The van der Waals surface area contributed by atoms with E-state index in [0.29, 0.717) is 18.6 Å². The number of ether oxygens (including phenoxy) is 1. The molecule has 4 rings (SSSR count). The molecule has 3 unspecified atom stereocenters. The maximum Gasteiger partial charge on any atom is 0.478 e. The molecular weight excluding hydrogens is 458 g/mol. The molecule has 0 spiro atoms. The van der Waals surface area contributed by atoms with Crippen LogP contribution in [0.5, 0.6) is 0 Å². The van der Waals surface area contributed by atoms with Gasteiger partial charge in [-0.2, -0.15) is 0 Å². The van der Waals surface area contributed by atoms with Crippen LogP contribution in [-0.4, -0.2) is 77.1 Å². The van der Waals surface area contributed by atoms with Crippen LogP contribution in [0.1, 0.15) is 44.7 Å². The molecule has 12 heteroatoms. The number of carbonyl (C=O) groups is 3. The zero-order valence-electron chi connectivity index (χ0n) is 20.2. The summed E-state index contributed by atoms with van der Waals surface area (Å²) in [6.07, 6.45) is -0.857. The van der Waals surface area contributed by atoms with Gasteiger partial charge in [0.15, 0.2) is 0 Å². The lowest BCUT2D eigenvalue weighted by atomic mass is 9.80. The van der Waals surface area contributed by atoms with Gasteiger partial charge >= 0.3 is 13.2 Å². The van der Waals surface area contributed by atoms with Gasteiger partial charge in [-0.1, -0.05) is 32.9 Å². The molecule has 0 bridgehead atoms. The Morgan fingerprint density at radius 1 is 1.31 bits per heavy atom. The van der Waals surface area contributed by atoms with Crippen LogP contribution in [0, 0.1) is 11.2 Å². The summed E-state index contributed by atoms with van der Waals surface area (Å²) in [4.78, 5) is 41.9. The Morgan fingerprint density at radius 3 is 2.69 bits per heavy atom. The van der Waals surface area contributed by atoms with Gasteiger partial charge in [0.05, 0.1) is 25.1 Å². The predicted molar refractivity (Wildman–Crippen MR) is 124 cm³/mol. The largest absolute Gasteiger partial charge is 0.478 e. The molecule has 35 heavy (non-hydrogen) atoms. The molecule has 1 aromatic carbocycles. The Labute approximate surface area is 204 Å². The van der Waals surface area contributed by atoms with Gasteiger partial charge in [0, 0.05) is 25.1 Å². The van der Waals surface area contributed by atoms with Gasteiger partial charge in [-0.05, 0) is 23.5 Å². The van der Waals surface area contributed by atoms with E-state index in [9.17, 15) is 23.8 Å². The van der Waals surface area contributed by atoms with Crippen molar-refractivity contribution in [2.75, 3.05) is 13.2 Å². The van der Waals surface area contributed by atoms with Crippen molar-refractivity contribution in [2.24, 2.45) is 11.1 Å². The smallest absolute Gasteiger partial charge is 0.444 e. The summed E-state index contributed by atoms with van der Waals surface area (Å²) in [5, 5.41) is 12.6. The second kappa shape index (κ2) is 9.75. The van der Waals surface area contributed by atoms with Crippen molar-refractivity contribution in [3.63, 3.8) is 0 Å². The molecule has 190 valence electrons. The molecule has 0 radical (unpaired) electrons. The second-order valence-corrected chi connectivity index (χ2v) is 10.5. The van der Waals surface area contributed by atoms with E-state index in [4.69, 9.17) is 15.1 Å². The van der Waals surface area contributed by atoms with Crippen LogP contribution in [0.3, 0.4) is 0 Å². The maximum absolute atomic E-state index is 14.1. The first-order valence-electron chi connectivity index (χ1n) is 11.8. The first-order valence-corrected chi connectivity index (χ1v) is 11.8. The van der Waals surface area contributed by atoms with Crippen molar-refractivity contribution < 1.29 is 33.2 Å². The van der Waals surface area contributed by atoms with Crippen molar-refractivity contribution in [1.29, 1.82) is 0 Å². The normalized spacial score (nSPS) is 25.0. The summed E-state index contributed by atoms with van der Waals surface area (Å²) < 4.78 is 24.8. The third-order valence-electron chi connectivity index (χ3n) is 6.89. The molecule has 1 aromatic rings. The lowest BCUT2D eigenvalue weighted by Crippen LogP contribution is -2.56. The number of likely N-dealkylation sites (tertiary alicyclic amines) is 1. The van der Waals surface area contributed by atoms with Gasteiger partial charge in [-0.25, -0.2) is 9.18 Å². The molecule has 10 nitrogen and oxygen atoms in total. The molecule has 0 aliphatic carbocycles. The average Bonchev–Trinajstić information content (AvgIpc) is 3.51. The summed E-state index contributed by atoms with van der Waals surface area (Å²) in [5.41, 5.74) is 6.82. The highest BCUT2D eigenvalue weighted by molar-refractivity contribution is 6.46. The number of carbonyl (C=O) groups excluding carboxylic acids is 3. The minimum absolute atomic E-state index is 0.00527. The minimum Gasteiger partial charge on any atom is -0.444 e. The number of nitrogens with one attached hydrogen (secondary N) is 1. The van der Waals surface area contributed by atoms with E-state index < -0.39 is 54.6 Å². The zero-order chi connectivity index (χ0) is 25.5. The predicted octanol–water partition coefficient (Wildman–Crippen LogP) is 0.546. The molecule has 4 atom stereocenters. The molecule has 0 saturated carbocycles. The number of amides is 3. The van der Waals surface area contributed by atoms with Crippen molar-refractivity contribution in [3.05, 3.63) is 35.1 Å². The SMILES string of the molecule is CC(C)(C)C(N)C(=O)N1C[C@H](OC(=O)N2Cc3cccc(F)c3C2)CC1C(=O)NC1CCOB1O. The molecule has 3 aliphatic rings. The van der Waals surface area contributed by atoms with Crippen LogP contribution in [0.25, 0.3) is 0 Å². The molecule has 0 aromatic heterocycles. The summed E-state index contributed by atoms with van der Waals surface area (Å²) in [5.74, 6) is -1.85. The van der Waals surface area contributed by atoms with Crippen molar-refractivity contribution in [2.45, 2.75) is 70.8 Å². The Kier molecular flexibility index (Phi) is 7.07. The number of halogens is 1. The molecule has 3 aliphatic heterocycles. The standard InChI is InChI=1S/C23H32BFN4O6/c1-23(2,3)19(26)21(31)29-11-14(9-17(29)20(30)27-18-7-8-34-24(18)33)35-22(32)28-10-13-5-4-6-16(25)15(13)12-28/h4-6,14,17-19,33H,7-12,26H2,1-3H3,(H,27,30)/t14-,17?,18?,19?/m1/s1. The molecule has 3 amide bonds. The van der Waals surface area contributed by atoms with Gasteiger partial charge in [-0.3, -0.25) is 14.5 Å². The van der Waals surface area contributed by atoms with E-state index in [-0.39, 0.29) is 31.9 Å². The fourth-order valence-corrected chi connectivity index (χ4v) is 4.65. The second-order valence-electron chi connectivity index (χ2n) is 10.5. The highest BCUT2D eigenvalue weighted by Gasteiger charge is 2.46. The van der Waals surface area contributed by atoms with Crippen LogP contribution < -0.4 is 11.1 Å². The third-order valence-corrected chi connectivity index (χ3v) is 6.89. The van der Waals surface area contributed by atoms with E-state index in [2.05, 4.69) is 5.32 Å². The van der Waals surface area contributed by atoms with Crippen LogP contribution in [0.4, 0.5) is 9.18 Å². The Bertz CT molecular complexity index is 1000. The molecular formula is C23H32BFN4O6. The molecule has 2 saturated heterocycles. The summed E-state index contributed by atoms with van der Waals surface area (Å²) >= 11 is 0. The zero-order valence-corrected chi connectivity index (χ0v) is 20.2. The monoisotopic (exact) mass is 490 g/mol. The van der Waals surface area contributed by atoms with Gasteiger partial charge in [0.1, 0.15) is 18.0 Å². The quantitative estimate of drug-likeness (QED) is 0.525. The first-order chi connectivity index (χ1) is 16.5. The number of hydrogen-bond donors (Lipinski definition) is 3. The van der Waals surface area contributed by atoms with E-state index in [0.717, 1.165) is 5.56 Å². The lowest BCUT2D eigenvalue weighted by Gasteiger charge is -2.32. The van der Waals surface area contributed by atoms with Crippen molar-refractivity contribution >= 4 is 25.0 Å². The summed E-state index contributed by atoms with van der Waals surface area (Å²) in [6, 6.07) is 2.91. The fourth-order valence-electron chi connectivity index (χ4n) is 4.65. The van der Waals surface area contributed by atoms with E-state index in [1.807, 2.05) is 20.8 Å². The third kappa shape index (κ3) is 5.29. The van der Waals surface area contributed by atoms with Crippen LogP contribution >= 0.6 is 0 Å².